The molecule has 4 aliphatic carbocycles. The highest BCUT2D eigenvalue weighted by molar-refractivity contribution is 5.84. The first kappa shape index (κ1) is 15.8. The topological polar surface area (TPSA) is 66.4 Å². The second kappa shape index (κ2) is 4.48. The number of aliphatic carboxylic acids is 1. The smallest absolute Gasteiger partial charge is 0.310 e. The molecule has 4 bridgehead atoms. The molecule has 2 N–H and O–H groups in total. The Bertz CT molecular complexity index is 506. The Morgan fingerprint density at radius 3 is 2.09 bits per heavy atom. The number of rotatable bonds is 4. The van der Waals surface area contributed by atoms with Gasteiger partial charge in [0.05, 0.1) is 10.8 Å². The summed E-state index contributed by atoms with van der Waals surface area (Å²) in [7, 11) is 0. The number of carboxylic acids is 1. The number of hydrogen-bond acceptors (Lipinski definition) is 2. The van der Waals surface area contributed by atoms with E-state index in [9.17, 15) is 14.7 Å². The van der Waals surface area contributed by atoms with Crippen LogP contribution in [0.2, 0.25) is 0 Å². The summed E-state index contributed by atoms with van der Waals surface area (Å²) in [4.78, 5) is 24.2. The Morgan fingerprint density at radius 2 is 1.64 bits per heavy atom. The first-order valence-electron chi connectivity index (χ1n) is 8.50. The Labute approximate surface area is 133 Å². The maximum Gasteiger partial charge on any atom is 0.310 e. The molecule has 0 aromatic rings. The Balaban J connectivity index is 1.77. The fourth-order valence-corrected chi connectivity index (χ4v) is 6.27. The number of amides is 1. The number of carbonyl (C=O) groups excluding carboxylic acids is 1. The standard InChI is InChI=1S/C18H29NO3/c1-15(2,14(21)22)11-19-13(20)18-7-12-5-16(3,9-18)8-17(4,6-12)10-18/h12H,5-11H2,1-4H3,(H,19,20)(H,21,22). The lowest BCUT2D eigenvalue weighted by Crippen LogP contribution is -2.60. The summed E-state index contributed by atoms with van der Waals surface area (Å²) in [5, 5.41) is 12.2. The van der Waals surface area contributed by atoms with E-state index in [-0.39, 0.29) is 17.9 Å². The number of carbonyl (C=O) groups is 2. The number of carboxylic acid groups (broad SMARTS) is 1. The molecule has 4 saturated carbocycles. The summed E-state index contributed by atoms with van der Waals surface area (Å²) in [5.74, 6) is -0.0925. The SMILES string of the molecule is CC12CC3CC(C)(C1)CC(C(=O)NCC(C)(C)C(=O)O)(C3)C2. The highest BCUT2D eigenvalue weighted by atomic mass is 16.4. The molecule has 2 atom stereocenters. The van der Waals surface area contributed by atoms with Crippen molar-refractivity contribution in [2.45, 2.75) is 66.2 Å². The normalized spacial score (nSPS) is 43.2. The molecule has 0 aromatic heterocycles. The molecule has 4 rings (SSSR count). The third kappa shape index (κ3) is 2.44. The van der Waals surface area contributed by atoms with Crippen molar-refractivity contribution in [3.05, 3.63) is 0 Å². The van der Waals surface area contributed by atoms with Gasteiger partial charge >= 0.3 is 5.97 Å². The molecule has 4 nitrogen and oxygen atoms in total. The molecule has 124 valence electrons. The average molecular weight is 307 g/mol. The maximum absolute atomic E-state index is 12.9. The molecule has 0 saturated heterocycles. The Hall–Kier alpha value is -1.06. The number of nitrogens with one attached hydrogen (secondary N) is 1. The van der Waals surface area contributed by atoms with E-state index in [1.807, 2.05) is 0 Å². The molecular formula is C18H29NO3. The average Bonchev–Trinajstić information content (AvgIpc) is 2.31. The highest BCUT2D eigenvalue weighted by Crippen LogP contribution is 2.69. The predicted molar refractivity (Wildman–Crippen MR) is 84.3 cm³/mol. The van der Waals surface area contributed by atoms with Crippen molar-refractivity contribution < 1.29 is 14.7 Å². The fraction of sp³-hybridized carbons (Fsp3) is 0.889. The molecule has 22 heavy (non-hydrogen) atoms. The van der Waals surface area contributed by atoms with Gasteiger partial charge in [0.2, 0.25) is 5.91 Å². The minimum Gasteiger partial charge on any atom is -0.481 e. The zero-order valence-corrected chi connectivity index (χ0v) is 14.3. The van der Waals surface area contributed by atoms with E-state index in [0.717, 1.165) is 19.3 Å². The van der Waals surface area contributed by atoms with Crippen molar-refractivity contribution in [2.75, 3.05) is 6.54 Å². The fourth-order valence-electron chi connectivity index (χ4n) is 6.27. The Kier molecular flexibility index (Phi) is 3.22. The summed E-state index contributed by atoms with van der Waals surface area (Å²) in [6.07, 6.45) is 6.72. The molecular weight excluding hydrogens is 278 g/mol. The van der Waals surface area contributed by atoms with E-state index in [4.69, 9.17) is 0 Å². The summed E-state index contributed by atoms with van der Waals surface area (Å²) < 4.78 is 0. The van der Waals surface area contributed by atoms with Gasteiger partial charge in [0.15, 0.2) is 0 Å². The van der Waals surface area contributed by atoms with E-state index in [1.165, 1.54) is 19.3 Å². The zero-order valence-electron chi connectivity index (χ0n) is 14.3. The quantitative estimate of drug-likeness (QED) is 0.838. The molecule has 0 heterocycles. The Morgan fingerprint density at radius 1 is 1.09 bits per heavy atom. The summed E-state index contributed by atoms with van der Waals surface area (Å²) in [6, 6.07) is 0. The van der Waals surface area contributed by atoms with Crippen LogP contribution in [0.15, 0.2) is 0 Å². The minimum atomic E-state index is -0.911. The van der Waals surface area contributed by atoms with Crippen LogP contribution >= 0.6 is 0 Å². The first-order valence-corrected chi connectivity index (χ1v) is 8.50. The molecule has 4 fully saturated rings. The van der Waals surface area contributed by atoms with E-state index < -0.39 is 11.4 Å². The van der Waals surface area contributed by atoms with Crippen LogP contribution in [-0.4, -0.2) is 23.5 Å². The van der Waals surface area contributed by atoms with E-state index >= 15 is 0 Å². The van der Waals surface area contributed by atoms with Crippen molar-refractivity contribution in [1.82, 2.24) is 5.32 Å². The van der Waals surface area contributed by atoms with Crippen LogP contribution < -0.4 is 5.32 Å². The van der Waals surface area contributed by atoms with Gasteiger partial charge in [-0.2, -0.15) is 0 Å². The molecule has 2 unspecified atom stereocenters. The zero-order chi connectivity index (χ0) is 16.4. The molecule has 4 aliphatic rings. The third-order valence-corrected chi connectivity index (χ3v) is 6.38. The van der Waals surface area contributed by atoms with Crippen LogP contribution in [0.3, 0.4) is 0 Å². The number of hydrogen-bond donors (Lipinski definition) is 2. The van der Waals surface area contributed by atoms with Gasteiger partial charge in [0.25, 0.3) is 0 Å². The molecule has 1 amide bonds. The molecule has 0 aliphatic heterocycles. The molecule has 0 spiro atoms. The van der Waals surface area contributed by atoms with Crippen LogP contribution in [-0.2, 0) is 9.59 Å². The first-order chi connectivity index (χ1) is 9.98. The van der Waals surface area contributed by atoms with Gasteiger partial charge in [-0.3, -0.25) is 9.59 Å². The largest absolute Gasteiger partial charge is 0.481 e. The summed E-state index contributed by atoms with van der Waals surface area (Å²) in [6.45, 7) is 8.23. The second-order valence-corrected chi connectivity index (χ2v) is 9.78. The summed E-state index contributed by atoms with van der Waals surface area (Å²) >= 11 is 0. The van der Waals surface area contributed by atoms with Crippen LogP contribution in [0.1, 0.15) is 66.2 Å². The van der Waals surface area contributed by atoms with Gasteiger partial charge in [0.1, 0.15) is 0 Å². The van der Waals surface area contributed by atoms with Crippen molar-refractivity contribution in [2.24, 2.45) is 27.6 Å². The third-order valence-electron chi connectivity index (χ3n) is 6.38. The lowest BCUT2D eigenvalue weighted by atomic mass is 9.40. The molecule has 0 aromatic carbocycles. The molecule has 4 heteroatoms. The predicted octanol–water partition coefficient (Wildman–Crippen LogP) is 3.21. The second-order valence-electron chi connectivity index (χ2n) is 9.78. The van der Waals surface area contributed by atoms with Crippen molar-refractivity contribution in [3.8, 4) is 0 Å². The van der Waals surface area contributed by atoms with Gasteiger partial charge in [-0.1, -0.05) is 13.8 Å². The van der Waals surface area contributed by atoms with Crippen LogP contribution in [0.5, 0.6) is 0 Å². The minimum absolute atomic E-state index is 0.100. The van der Waals surface area contributed by atoms with Crippen molar-refractivity contribution >= 4 is 11.9 Å². The van der Waals surface area contributed by atoms with E-state index in [2.05, 4.69) is 19.2 Å². The van der Waals surface area contributed by atoms with Gasteiger partial charge in [0, 0.05) is 6.54 Å². The van der Waals surface area contributed by atoms with Crippen LogP contribution in [0, 0.1) is 27.6 Å². The van der Waals surface area contributed by atoms with E-state index in [0.29, 0.717) is 16.7 Å². The highest BCUT2D eigenvalue weighted by Gasteiger charge is 2.62. The van der Waals surface area contributed by atoms with Crippen molar-refractivity contribution in [3.63, 3.8) is 0 Å². The van der Waals surface area contributed by atoms with E-state index in [1.54, 1.807) is 13.8 Å². The monoisotopic (exact) mass is 307 g/mol. The maximum atomic E-state index is 12.9. The van der Waals surface area contributed by atoms with Crippen molar-refractivity contribution in [1.29, 1.82) is 0 Å². The lowest BCUT2D eigenvalue weighted by molar-refractivity contribution is -0.170. The van der Waals surface area contributed by atoms with Crippen LogP contribution in [0.25, 0.3) is 0 Å². The molecule has 0 radical (unpaired) electrons. The van der Waals surface area contributed by atoms with Gasteiger partial charge in [-0.05, 0) is 69.1 Å². The van der Waals surface area contributed by atoms with Gasteiger partial charge < -0.3 is 10.4 Å². The van der Waals surface area contributed by atoms with Gasteiger partial charge in [-0.25, -0.2) is 0 Å². The lowest BCUT2D eigenvalue weighted by Gasteiger charge is -2.64. The van der Waals surface area contributed by atoms with Gasteiger partial charge in [-0.15, -0.1) is 0 Å². The summed E-state index contributed by atoms with van der Waals surface area (Å²) in [5.41, 5.74) is -0.565. The van der Waals surface area contributed by atoms with Crippen LogP contribution in [0.4, 0.5) is 0 Å².